The van der Waals surface area contributed by atoms with Crippen molar-refractivity contribution >= 4 is 48.5 Å². The highest BCUT2D eigenvalue weighted by atomic mass is 79.9. The zero-order valence-electron chi connectivity index (χ0n) is 13.1. The lowest BCUT2D eigenvalue weighted by Crippen LogP contribution is -2.06. The van der Waals surface area contributed by atoms with E-state index >= 15 is 0 Å². The van der Waals surface area contributed by atoms with Gasteiger partial charge in [-0.25, -0.2) is 0 Å². The largest absolute Gasteiger partial charge is 0.506 e. The van der Waals surface area contributed by atoms with Crippen molar-refractivity contribution in [2.24, 2.45) is 5.16 Å². The normalized spacial score (nSPS) is 11.9. The molecule has 1 N–H and O–H groups in total. The number of benzene rings is 2. The number of furan rings is 1. The molecule has 0 aliphatic heterocycles. The highest BCUT2D eigenvalue weighted by Crippen LogP contribution is 2.36. The maximum Gasteiger partial charge on any atom is 0.143 e. The van der Waals surface area contributed by atoms with Gasteiger partial charge >= 0.3 is 0 Å². The number of aromatic hydroxyl groups is 1. The van der Waals surface area contributed by atoms with Gasteiger partial charge in [0.1, 0.15) is 29.9 Å². The van der Waals surface area contributed by atoms with Gasteiger partial charge in [0.05, 0.1) is 14.5 Å². The van der Waals surface area contributed by atoms with Crippen LogP contribution in [-0.2, 0) is 11.3 Å². The Morgan fingerprint density at radius 2 is 1.88 bits per heavy atom. The van der Waals surface area contributed by atoms with E-state index in [4.69, 9.17) is 9.25 Å². The molecule has 24 heavy (non-hydrogen) atoms. The summed E-state index contributed by atoms with van der Waals surface area (Å²) in [7, 11) is 1.51. The van der Waals surface area contributed by atoms with Crippen LogP contribution in [0.2, 0.25) is 0 Å². The maximum atomic E-state index is 9.96. The minimum atomic E-state index is 0.142. The molecule has 0 fully saturated rings. The molecule has 0 amide bonds. The molecule has 0 bridgehead atoms. The Hall–Kier alpha value is -1.79. The number of oxime groups is 1. The molecule has 0 radical (unpaired) electrons. The minimum absolute atomic E-state index is 0.142. The molecule has 0 aliphatic carbocycles. The summed E-state index contributed by atoms with van der Waals surface area (Å²) in [6.45, 7) is 2.04. The average molecular weight is 453 g/mol. The molecular formula is C18H15Br2NO3. The first-order chi connectivity index (χ1) is 11.6. The van der Waals surface area contributed by atoms with E-state index in [-0.39, 0.29) is 5.75 Å². The van der Waals surface area contributed by atoms with Gasteiger partial charge in [-0.05, 0) is 50.1 Å². The highest BCUT2D eigenvalue weighted by molar-refractivity contribution is 9.11. The smallest absolute Gasteiger partial charge is 0.143 e. The molecule has 0 spiro atoms. The second-order valence-electron chi connectivity index (χ2n) is 5.16. The Morgan fingerprint density at radius 3 is 2.50 bits per heavy atom. The van der Waals surface area contributed by atoms with E-state index in [1.54, 1.807) is 12.1 Å². The molecular weight excluding hydrogens is 438 g/mol. The predicted octanol–water partition coefficient (Wildman–Crippen LogP) is 5.62. The summed E-state index contributed by atoms with van der Waals surface area (Å²) >= 11 is 6.73. The molecule has 0 saturated heterocycles. The van der Waals surface area contributed by atoms with Crippen LogP contribution < -0.4 is 0 Å². The Morgan fingerprint density at radius 1 is 1.21 bits per heavy atom. The summed E-state index contributed by atoms with van der Waals surface area (Å²) in [4.78, 5) is 5.09. The molecule has 0 saturated carbocycles. The van der Waals surface area contributed by atoms with Gasteiger partial charge in [0.2, 0.25) is 0 Å². The third-order valence-corrected chi connectivity index (χ3v) is 4.91. The van der Waals surface area contributed by atoms with E-state index in [2.05, 4.69) is 37.0 Å². The van der Waals surface area contributed by atoms with Crippen molar-refractivity contribution in [1.29, 1.82) is 0 Å². The number of phenols is 1. The molecule has 0 atom stereocenters. The van der Waals surface area contributed by atoms with Gasteiger partial charge < -0.3 is 14.4 Å². The Kier molecular flexibility index (Phi) is 4.96. The lowest BCUT2D eigenvalue weighted by atomic mass is 9.98. The topological polar surface area (TPSA) is 55.0 Å². The van der Waals surface area contributed by atoms with Gasteiger partial charge in [0, 0.05) is 17.4 Å². The lowest BCUT2D eigenvalue weighted by molar-refractivity contribution is 0.214. The van der Waals surface area contributed by atoms with Crippen molar-refractivity contribution < 1.29 is 14.4 Å². The number of phenolic OH excluding ortho intramolecular Hbond substituents is 1. The third-order valence-electron chi connectivity index (χ3n) is 3.70. The summed E-state index contributed by atoms with van der Waals surface area (Å²) < 4.78 is 7.11. The molecule has 6 heteroatoms. The van der Waals surface area contributed by atoms with E-state index in [1.807, 2.05) is 31.2 Å². The van der Waals surface area contributed by atoms with Crippen LogP contribution in [0.25, 0.3) is 11.0 Å². The minimum Gasteiger partial charge on any atom is -0.506 e. The second-order valence-corrected chi connectivity index (χ2v) is 6.87. The van der Waals surface area contributed by atoms with E-state index in [0.29, 0.717) is 14.7 Å². The summed E-state index contributed by atoms with van der Waals surface area (Å²) in [5, 5.41) is 15.2. The third kappa shape index (κ3) is 2.96. The van der Waals surface area contributed by atoms with E-state index in [9.17, 15) is 5.11 Å². The quantitative estimate of drug-likeness (QED) is 0.412. The monoisotopic (exact) mass is 451 g/mol. The summed E-state index contributed by atoms with van der Waals surface area (Å²) in [6, 6.07) is 11.5. The van der Waals surface area contributed by atoms with Crippen molar-refractivity contribution in [1.82, 2.24) is 0 Å². The standard InChI is InChI=1S/C18H15Br2NO3/c1-3-14-16(11-6-4-5-7-15(11)24-14)17(21-23-2)10-8-12(19)18(22)13(20)9-10/h4-9,22H,3H2,1-2H3. The van der Waals surface area contributed by atoms with Gasteiger partial charge in [0.25, 0.3) is 0 Å². The molecule has 4 nitrogen and oxygen atoms in total. The average Bonchev–Trinajstić information content (AvgIpc) is 2.95. The van der Waals surface area contributed by atoms with Crippen molar-refractivity contribution in [2.75, 3.05) is 7.11 Å². The zero-order chi connectivity index (χ0) is 17.3. The molecule has 1 aromatic heterocycles. The van der Waals surface area contributed by atoms with Crippen LogP contribution in [-0.4, -0.2) is 17.9 Å². The molecule has 124 valence electrons. The van der Waals surface area contributed by atoms with Gasteiger partial charge in [-0.1, -0.05) is 30.3 Å². The van der Waals surface area contributed by atoms with Gasteiger partial charge in [0.15, 0.2) is 0 Å². The SMILES string of the molecule is CCc1oc2ccccc2c1C(=NOC)c1cc(Br)c(O)c(Br)c1. The number of aryl methyl sites for hydroxylation is 1. The van der Waals surface area contributed by atoms with Crippen molar-refractivity contribution in [2.45, 2.75) is 13.3 Å². The fourth-order valence-electron chi connectivity index (χ4n) is 2.64. The first-order valence-electron chi connectivity index (χ1n) is 7.37. The Bertz CT molecular complexity index is 908. The van der Waals surface area contributed by atoms with E-state index < -0.39 is 0 Å². The van der Waals surface area contributed by atoms with Crippen LogP contribution in [0, 0.1) is 0 Å². The van der Waals surface area contributed by atoms with E-state index in [1.165, 1.54) is 7.11 Å². The lowest BCUT2D eigenvalue weighted by Gasteiger charge is -2.09. The van der Waals surface area contributed by atoms with Gasteiger partial charge in [-0.15, -0.1) is 0 Å². The fraction of sp³-hybridized carbons (Fsp3) is 0.167. The van der Waals surface area contributed by atoms with Gasteiger partial charge in [-0.3, -0.25) is 0 Å². The first kappa shape index (κ1) is 17.0. The van der Waals surface area contributed by atoms with Crippen LogP contribution in [0.4, 0.5) is 0 Å². The molecule has 0 unspecified atom stereocenters. The van der Waals surface area contributed by atoms with Crippen molar-refractivity contribution in [3.8, 4) is 5.75 Å². The van der Waals surface area contributed by atoms with E-state index in [0.717, 1.165) is 34.3 Å². The van der Waals surface area contributed by atoms with Crippen LogP contribution in [0.1, 0.15) is 23.8 Å². The maximum absolute atomic E-state index is 9.96. The molecule has 3 aromatic rings. The van der Waals surface area contributed by atoms with Crippen LogP contribution >= 0.6 is 31.9 Å². The molecule has 2 aromatic carbocycles. The summed E-state index contributed by atoms with van der Waals surface area (Å²) in [5.74, 6) is 0.982. The predicted molar refractivity (Wildman–Crippen MR) is 102 cm³/mol. The Balaban J connectivity index is 2.30. The zero-order valence-corrected chi connectivity index (χ0v) is 16.3. The van der Waals surface area contributed by atoms with Crippen LogP contribution in [0.5, 0.6) is 5.75 Å². The molecule has 3 rings (SSSR count). The van der Waals surface area contributed by atoms with Crippen LogP contribution in [0.15, 0.2) is 54.9 Å². The number of hydrogen-bond donors (Lipinski definition) is 1. The van der Waals surface area contributed by atoms with Crippen molar-refractivity contribution in [3.63, 3.8) is 0 Å². The number of para-hydroxylation sites is 1. The summed E-state index contributed by atoms with van der Waals surface area (Å²) in [6.07, 6.45) is 0.729. The number of fused-ring (bicyclic) bond motifs is 1. The first-order valence-corrected chi connectivity index (χ1v) is 8.95. The molecule has 1 heterocycles. The number of rotatable bonds is 4. The van der Waals surface area contributed by atoms with Crippen LogP contribution in [0.3, 0.4) is 0 Å². The number of halogens is 2. The Labute approximate surface area is 156 Å². The summed E-state index contributed by atoms with van der Waals surface area (Å²) in [5.41, 5.74) is 3.17. The number of hydrogen-bond acceptors (Lipinski definition) is 4. The highest BCUT2D eigenvalue weighted by Gasteiger charge is 2.21. The number of nitrogens with zero attached hydrogens (tertiary/aromatic N) is 1. The van der Waals surface area contributed by atoms with Gasteiger partial charge in [-0.2, -0.15) is 0 Å². The second kappa shape index (κ2) is 6.99. The molecule has 0 aliphatic rings. The fourth-order valence-corrected chi connectivity index (χ4v) is 3.83. The van der Waals surface area contributed by atoms with Crippen molar-refractivity contribution in [3.05, 3.63) is 62.2 Å².